The predicted molar refractivity (Wildman–Crippen MR) is 63.3 cm³/mol. The Hall–Kier alpha value is -1.02. The standard InChI is InChI=1S/C11H13NO.C2H6/c1-2-4-9(5-3-1)12-7-11-6-10(12)8-13-11;1-2/h1-5,10-11H,6-8H2;1-2H3. The average Bonchev–Trinajstić information content (AvgIpc) is 2.95. The highest BCUT2D eigenvalue weighted by Gasteiger charge is 2.38. The molecule has 2 fully saturated rings. The highest BCUT2D eigenvalue weighted by Crippen LogP contribution is 2.31. The first kappa shape index (κ1) is 10.5. The van der Waals surface area contributed by atoms with Gasteiger partial charge in [0.1, 0.15) is 0 Å². The molecule has 2 atom stereocenters. The van der Waals surface area contributed by atoms with E-state index in [0.717, 1.165) is 13.2 Å². The van der Waals surface area contributed by atoms with E-state index in [1.807, 2.05) is 13.8 Å². The van der Waals surface area contributed by atoms with Crippen molar-refractivity contribution < 1.29 is 4.74 Å². The Kier molecular flexibility index (Phi) is 3.27. The largest absolute Gasteiger partial charge is 0.374 e. The molecule has 0 radical (unpaired) electrons. The van der Waals surface area contributed by atoms with Crippen molar-refractivity contribution >= 4 is 5.69 Å². The zero-order valence-corrected chi connectivity index (χ0v) is 9.52. The van der Waals surface area contributed by atoms with Crippen LogP contribution in [0, 0.1) is 0 Å². The van der Waals surface area contributed by atoms with Crippen molar-refractivity contribution in [2.24, 2.45) is 0 Å². The molecule has 0 N–H and O–H groups in total. The lowest BCUT2D eigenvalue weighted by Crippen LogP contribution is -2.36. The molecule has 0 aliphatic carbocycles. The molecular formula is C13H19NO. The molecule has 2 unspecified atom stereocenters. The van der Waals surface area contributed by atoms with E-state index in [0.29, 0.717) is 12.1 Å². The van der Waals surface area contributed by atoms with Crippen molar-refractivity contribution in [1.29, 1.82) is 0 Å². The molecule has 0 amide bonds. The molecule has 2 heterocycles. The van der Waals surface area contributed by atoms with Crippen LogP contribution in [0.1, 0.15) is 20.3 Å². The molecule has 2 aliphatic heterocycles. The Balaban J connectivity index is 0.000000404. The van der Waals surface area contributed by atoms with E-state index in [1.54, 1.807) is 0 Å². The van der Waals surface area contributed by atoms with Gasteiger partial charge in [-0.05, 0) is 18.6 Å². The van der Waals surface area contributed by atoms with Crippen molar-refractivity contribution in [1.82, 2.24) is 0 Å². The maximum Gasteiger partial charge on any atom is 0.0771 e. The molecule has 0 spiro atoms. The zero-order valence-electron chi connectivity index (χ0n) is 9.52. The molecule has 2 bridgehead atoms. The molecule has 2 aliphatic rings. The number of hydrogen-bond acceptors (Lipinski definition) is 2. The lowest BCUT2D eigenvalue weighted by molar-refractivity contribution is 0.0991. The fourth-order valence-corrected chi connectivity index (χ4v) is 2.34. The third-order valence-electron chi connectivity index (χ3n) is 2.99. The van der Waals surface area contributed by atoms with E-state index in [4.69, 9.17) is 4.74 Å². The van der Waals surface area contributed by atoms with Gasteiger partial charge in [0.25, 0.3) is 0 Å². The normalized spacial score (nSPS) is 27.5. The van der Waals surface area contributed by atoms with Crippen molar-refractivity contribution in [3.8, 4) is 0 Å². The van der Waals surface area contributed by atoms with Crippen LogP contribution in [0.5, 0.6) is 0 Å². The number of hydrogen-bond donors (Lipinski definition) is 0. The third kappa shape index (κ3) is 2.00. The molecule has 82 valence electrons. The smallest absolute Gasteiger partial charge is 0.0771 e. The Morgan fingerprint density at radius 1 is 1.20 bits per heavy atom. The van der Waals surface area contributed by atoms with Crippen molar-refractivity contribution in [3.05, 3.63) is 30.3 Å². The van der Waals surface area contributed by atoms with E-state index in [2.05, 4.69) is 35.2 Å². The van der Waals surface area contributed by atoms with Crippen LogP contribution in [0.15, 0.2) is 30.3 Å². The number of para-hydroxylation sites is 1. The van der Waals surface area contributed by atoms with E-state index in [-0.39, 0.29) is 0 Å². The number of anilines is 1. The van der Waals surface area contributed by atoms with Gasteiger partial charge in [0, 0.05) is 12.2 Å². The van der Waals surface area contributed by atoms with Crippen LogP contribution in [0.25, 0.3) is 0 Å². The second-order valence-corrected chi connectivity index (χ2v) is 3.83. The van der Waals surface area contributed by atoms with Gasteiger partial charge in [-0.1, -0.05) is 32.0 Å². The number of ether oxygens (including phenoxy) is 1. The fourth-order valence-electron chi connectivity index (χ4n) is 2.34. The van der Waals surface area contributed by atoms with Gasteiger partial charge in [-0.25, -0.2) is 0 Å². The summed E-state index contributed by atoms with van der Waals surface area (Å²) in [6.07, 6.45) is 1.71. The molecular weight excluding hydrogens is 186 g/mol. The van der Waals surface area contributed by atoms with Gasteiger partial charge >= 0.3 is 0 Å². The summed E-state index contributed by atoms with van der Waals surface area (Å²) >= 11 is 0. The highest BCUT2D eigenvalue weighted by molar-refractivity contribution is 5.49. The number of benzene rings is 1. The number of morpholine rings is 1. The van der Waals surface area contributed by atoms with Crippen LogP contribution < -0.4 is 4.90 Å². The van der Waals surface area contributed by atoms with Gasteiger partial charge in [0.15, 0.2) is 0 Å². The lowest BCUT2D eigenvalue weighted by Gasteiger charge is -2.28. The first-order chi connectivity index (χ1) is 7.43. The Labute approximate surface area is 91.9 Å². The molecule has 2 nitrogen and oxygen atoms in total. The second-order valence-electron chi connectivity index (χ2n) is 3.83. The monoisotopic (exact) mass is 205 g/mol. The quantitative estimate of drug-likeness (QED) is 0.699. The van der Waals surface area contributed by atoms with Crippen LogP contribution in [0.2, 0.25) is 0 Å². The minimum atomic E-state index is 0.491. The first-order valence-electron chi connectivity index (χ1n) is 5.87. The summed E-state index contributed by atoms with van der Waals surface area (Å²) in [6, 6.07) is 11.3. The summed E-state index contributed by atoms with van der Waals surface area (Å²) in [5.41, 5.74) is 1.35. The molecule has 2 saturated heterocycles. The van der Waals surface area contributed by atoms with E-state index < -0.39 is 0 Å². The number of rotatable bonds is 1. The van der Waals surface area contributed by atoms with Crippen molar-refractivity contribution in [3.63, 3.8) is 0 Å². The topological polar surface area (TPSA) is 12.5 Å². The van der Waals surface area contributed by atoms with Crippen molar-refractivity contribution in [2.45, 2.75) is 32.4 Å². The van der Waals surface area contributed by atoms with Gasteiger partial charge < -0.3 is 9.64 Å². The molecule has 15 heavy (non-hydrogen) atoms. The maximum atomic E-state index is 5.56. The lowest BCUT2D eigenvalue weighted by atomic mass is 10.2. The van der Waals surface area contributed by atoms with Crippen LogP contribution >= 0.6 is 0 Å². The highest BCUT2D eigenvalue weighted by atomic mass is 16.5. The van der Waals surface area contributed by atoms with Gasteiger partial charge in [-0.2, -0.15) is 0 Å². The first-order valence-corrected chi connectivity index (χ1v) is 5.87. The Bertz CT molecular complexity index is 299. The Morgan fingerprint density at radius 2 is 1.93 bits per heavy atom. The SMILES string of the molecule is CC.c1ccc(N2CC3CC2CO3)cc1. The van der Waals surface area contributed by atoms with Crippen LogP contribution in [0.3, 0.4) is 0 Å². The molecule has 3 rings (SSSR count). The average molecular weight is 205 g/mol. The summed E-state index contributed by atoms with van der Waals surface area (Å²) in [5, 5.41) is 0. The molecule has 2 heteroatoms. The molecule has 1 aromatic carbocycles. The number of fused-ring (bicyclic) bond motifs is 2. The van der Waals surface area contributed by atoms with Crippen molar-refractivity contribution in [2.75, 3.05) is 18.1 Å². The number of nitrogens with zero attached hydrogens (tertiary/aromatic N) is 1. The summed E-state index contributed by atoms with van der Waals surface area (Å²) in [6.45, 7) is 5.99. The predicted octanol–water partition coefficient (Wildman–Crippen LogP) is 2.69. The summed E-state index contributed by atoms with van der Waals surface area (Å²) in [7, 11) is 0. The minimum absolute atomic E-state index is 0.491. The molecule has 1 aromatic rings. The van der Waals surface area contributed by atoms with E-state index >= 15 is 0 Å². The summed E-state index contributed by atoms with van der Waals surface area (Å²) < 4.78 is 5.56. The van der Waals surface area contributed by atoms with Crippen LogP contribution in [0.4, 0.5) is 5.69 Å². The Morgan fingerprint density at radius 3 is 2.47 bits per heavy atom. The second kappa shape index (κ2) is 4.67. The zero-order chi connectivity index (χ0) is 10.7. The minimum Gasteiger partial charge on any atom is -0.374 e. The third-order valence-corrected chi connectivity index (χ3v) is 2.99. The van der Waals surface area contributed by atoms with Gasteiger partial charge in [-0.15, -0.1) is 0 Å². The molecule has 0 aromatic heterocycles. The molecule has 0 saturated carbocycles. The summed E-state index contributed by atoms with van der Waals surface area (Å²) in [4.78, 5) is 2.47. The van der Waals surface area contributed by atoms with E-state index in [9.17, 15) is 0 Å². The van der Waals surface area contributed by atoms with Gasteiger partial charge in [-0.3, -0.25) is 0 Å². The van der Waals surface area contributed by atoms with Gasteiger partial charge in [0.2, 0.25) is 0 Å². The fraction of sp³-hybridized carbons (Fsp3) is 0.538. The van der Waals surface area contributed by atoms with Crippen LogP contribution in [-0.4, -0.2) is 25.3 Å². The maximum absolute atomic E-state index is 5.56. The van der Waals surface area contributed by atoms with E-state index in [1.165, 1.54) is 12.1 Å². The van der Waals surface area contributed by atoms with Gasteiger partial charge in [0.05, 0.1) is 18.8 Å². The van der Waals surface area contributed by atoms with Crippen LogP contribution in [-0.2, 0) is 4.74 Å². The summed E-state index contributed by atoms with van der Waals surface area (Å²) in [5.74, 6) is 0.